The van der Waals surface area contributed by atoms with Gasteiger partial charge in [0.05, 0.1) is 6.61 Å². The Kier molecular flexibility index (Phi) is 8.28. The van der Waals surface area contributed by atoms with Gasteiger partial charge in [-0.25, -0.2) is 0 Å². The van der Waals surface area contributed by atoms with E-state index in [4.69, 9.17) is 4.74 Å². The molecular formula is C21H29NO. The van der Waals surface area contributed by atoms with E-state index in [9.17, 15) is 0 Å². The third-order valence-electron chi connectivity index (χ3n) is 3.98. The number of nitrogens with one attached hydrogen (secondary N) is 1. The van der Waals surface area contributed by atoms with Crippen LogP contribution in [-0.4, -0.2) is 13.2 Å². The lowest BCUT2D eigenvalue weighted by atomic mass is 10.1. The summed E-state index contributed by atoms with van der Waals surface area (Å²) in [5, 5.41) is 3.52. The maximum atomic E-state index is 5.96. The number of rotatable bonds is 11. The van der Waals surface area contributed by atoms with Gasteiger partial charge in [0.25, 0.3) is 0 Å². The maximum Gasteiger partial charge on any atom is 0.123 e. The predicted molar refractivity (Wildman–Crippen MR) is 97.9 cm³/mol. The highest BCUT2D eigenvalue weighted by molar-refractivity contribution is 5.33. The van der Waals surface area contributed by atoms with E-state index < -0.39 is 0 Å². The number of para-hydroxylation sites is 1. The Bertz CT molecular complexity index is 539. The summed E-state index contributed by atoms with van der Waals surface area (Å²) in [7, 11) is 0. The molecule has 2 aromatic rings. The highest BCUT2D eigenvalue weighted by atomic mass is 16.5. The molecule has 23 heavy (non-hydrogen) atoms. The van der Waals surface area contributed by atoms with E-state index in [1.165, 1.54) is 30.4 Å². The summed E-state index contributed by atoms with van der Waals surface area (Å²) in [6.07, 6.45) is 6.02. The molecule has 0 amide bonds. The van der Waals surface area contributed by atoms with E-state index >= 15 is 0 Å². The summed E-state index contributed by atoms with van der Waals surface area (Å²) >= 11 is 0. The largest absolute Gasteiger partial charge is 0.493 e. The summed E-state index contributed by atoms with van der Waals surface area (Å²) in [5.41, 5.74) is 2.62. The van der Waals surface area contributed by atoms with Crippen molar-refractivity contribution in [2.75, 3.05) is 13.2 Å². The maximum absolute atomic E-state index is 5.96. The Morgan fingerprint density at radius 2 is 1.65 bits per heavy atom. The molecular weight excluding hydrogens is 282 g/mol. The quantitative estimate of drug-likeness (QED) is 0.591. The van der Waals surface area contributed by atoms with Crippen molar-refractivity contribution in [3.05, 3.63) is 65.7 Å². The second-order valence-corrected chi connectivity index (χ2v) is 5.93. The monoisotopic (exact) mass is 311 g/mol. The van der Waals surface area contributed by atoms with Crippen LogP contribution >= 0.6 is 0 Å². The molecule has 2 nitrogen and oxygen atoms in total. The minimum atomic E-state index is 0.820. The second kappa shape index (κ2) is 10.8. The lowest BCUT2D eigenvalue weighted by Crippen LogP contribution is -2.17. The molecule has 0 spiro atoms. The summed E-state index contributed by atoms with van der Waals surface area (Å²) in [6, 6.07) is 19.0. The van der Waals surface area contributed by atoms with Crippen molar-refractivity contribution in [1.82, 2.24) is 5.32 Å². The van der Waals surface area contributed by atoms with Crippen molar-refractivity contribution in [1.29, 1.82) is 0 Å². The topological polar surface area (TPSA) is 21.3 Å². The average Bonchev–Trinajstić information content (AvgIpc) is 2.60. The molecule has 0 bridgehead atoms. The van der Waals surface area contributed by atoms with Gasteiger partial charge in [0.15, 0.2) is 0 Å². The lowest BCUT2D eigenvalue weighted by Gasteiger charge is -2.12. The van der Waals surface area contributed by atoms with Crippen molar-refractivity contribution in [3.63, 3.8) is 0 Å². The van der Waals surface area contributed by atoms with Crippen LogP contribution in [0.4, 0.5) is 0 Å². The predicted octanol–water partition coefficient (Wildman–Crippen LogP) is 4.98. The van der Waals surface area contributed by atoms with E-state index in [-0.39, 0.29) is 0 Å². The molecule has 0 atom stereocenters. The molecule has 0 saturated carbocycles. The van der Waals surface area contributed by atoms with Gasteiger partial charge in [-0.1, -0.05) is 74.7 Å². The minimum Gasteiger partial charge on any atom is -0.493 e. The van der Waals surface area contributed by atoms with Crippen molar-refractivity contribution < 1.29 is 4.74 Å². The van der Waals surface area contributed by atoms with Crippen LogP contribution < -0.4 is 10.1 Å². The van der Waals surface area contributed by atoms with Crippen molar-refractivity contribution in [2.45, 2.75) is 45.6 Å². The van der Waals surface area contributed by atoms with Gasteiger partial charge in [0, 0.05) is 12.1 Å². The van der Waals surface area contributed by atoms with Crippen LogP contribution in [0.3, 0.4) is 0 Å². The Hall–Kier alpha value is -1.80. The number of hydrogen-bond acceptors (Lipinski definition) is 2. The zero-order chi connectivity index (χ0) is 16.2. The molecule has 0 aliphatic rings. The highest BCUT2D eigenvalue weighted by Gasteiger charge is 2.02. The van der Waals surface area contributed by atoms with Crippen LogP contribution in [0.2, 0.25) is 0 Å². The Morgan fingerprint density at radius 3 is 2.48 bits per heavy atom. The first-order valence-electron chi connectivity index (χ1n) is 8.85. The van der Waals surface area contributed by atoms with Gasteiger partial charge in [0.2, 0.25) is 0 Å². The standard InChI is InChI=1S/C21H29NO/c1-2-3-4-10-17-23-21-14-9-8-13-20(21)18-22-16-15-19-11-6-5-7-12-19/h5-9,11-14,22H,2-4,10,15-18H2,1H3. The fourth-order valence-corrected chi connectivity index (χ4v) is 2.60. The van der Waals surface area contributed by atoms with Crippen molar-refractivity contribution >= 4 is 0 Å². The fourth-order valence-electron chi connectivity index (χ4n) is 2.60. The number of ether oxygens (including phenoxy) is 1. The molecule has 0 fully saturated rings. The Labute approximate surface area is 140 Å². The van der Waals surface area contributed by atoms with E-state index in [1.54, 1.807) is 0 Å². The third kappa shape index (κ3) is 6.87. The van der Waals surface area contributed by atoms with Crippen LogP contribution in [0.5, 0.6) is 5.75 Å². The average molecular weight is 311 g/mol. The lowest BCUT2D eigenvalue weighted by molar-refractivity contribution is 0.301. The smallest absolute Gasteiger partial charge is 0.123 e. The van der Waals surface area contributed by atoms with Gasteiger partial charge in [-0.3, -0.25) is 0 Å². The zero-order valence-corrected chi connectivity index (χ0v) is 14.3. The van der Waals surface area contributed by atoms with Crippen molar-refractivity contribution in [2.24, 2.45) is 0 Å². The van der Waals surface area contributed by atoms with Gasteiger partial charge in [-0.2, -0.15) is 0 Å². The summed E-state index contributed by atoms with van der Waals surface area (Å²) in [5.74, 6) is 1.02. The molecule has 0 radical (unpaired) electrons. The van der Waals surface area contributed by atoms with Crippen LogP contribution in [-0.2, 0) is 13.0 Å². The van der Waals surface area contributed by atoms with Gasteiger partial charge < -0.3 is 10.1 Å². The van der Waals surface area contributed by atoms with Crippen LogP contribution in [0.25, 0.3) is 0 Å². The Morgan fingerprint density at radius 1 is 0.870 bits per heavy atom. The Balaban J connectivity index is 1.71. The first-order chi connectivity index (χ1) is 11.4. The van der Waals surface area contributed by atoms with E-state index in [2.05, 4.69) is 66.8 Å². The van der Waals surface area contributed by atoms with Gasteiger partial charge in [-0.15, -0.1) is 0 Å². The number of hydrogen-bond donors (Lipinski definition) is 1. The van der Waals surface area contributed by atoms with Crippen LogP contribution in [0.15, 0.2) is 54.6 Å². The highest BCUT2D eigenvalue weighted by Crippen LogP contribution is 2.18. The molecule has 124 valence electrons. The van der Waals surface area contributed by atoms with Gasteiger partial charge >= 0.3 is 0 Å². The molecule has 0 heterocycles. The molecule has 0 aliphatic carbocycles. The first kappa shape index (κ1) is 17.6. The molecule has 2 heteroatoms. The van der Waals surface area contributed by atoms with Crippen molar-refractivity contribution in [3.8, 4) is 5.75 Å². The normalized spacial score (nSPS) is 10.7. The number of benzene rings is 2. The summed E-state index contributed by atoms with van der Waals surface area (Å²) in [6.45, 7) is 4.89. The molecule has 2 rings (SSSR count). The molecule has 2 aromatic carbocycles. The molecule has 0 aromatic heterocycles. The van der Waals surface area contributed by atoms with Crippen LogP contribution in [0.1, 0.15) is 43.7 Å². The fraction of sp³-hybridized carbons (Fsp3) is 0.429. The zero-order valence-electron chi connectivity index (χ0n) is 14.3. The number of unbranched alkanes of at least 4 members (excludes halogenated alkanes) is 3. The summed E-state index contributed by atoms with van der Waals surface area (Å²) in [4.78, 5) is 0. The third-order valence-corrected chi connectivity index (χ3v) is 3.98. The SMILES string of the molecule is CCCCCCOc1ccccc1CNCCc1ccccc1. The molecule has 0 unspecified atom stereocenters. The van der Waals surface area contributed by atoms with E-state index in [1.807, 2.05) is 0 Å². The van der Waals surface area contributed by atoms with Gasteiger partial charge in [-0.05, 0) is 31.0 Å². The summed E-state index contributed by atoms with van der Waals surface area (Å²) < 4.78 is 5.96. The minimum absolute atomic E-state index is 0.820. The van der Waals surface area contributed by atoms with E-state index in [0.717, 1.165) is 38.3 Å². The second-order valence-electron chi connectivity index (χ2n) is 5.93. The molecule has 1 N–H and O–H groups in total. The first-order valence-corrected chi connectivity index (χ1v) is 8.85. The van der Waals surface area contributed by atoms with Gasteiger partial charge in [0.1, 0.15) is 5.75 Å². The van der Waals surface area contributed by atoms with E-state index in [0.29, 0.717) is 0 Å². The van der Waals surface area contributed by atoms with Crippen LogP contribution in [0, 0.1) is 0 Å². The molecule has 0 saturated heterocycles. The molecule has 0 aliphatic heterocycles.